The molecule has 0 aromatic heterocycles. The van der Waals surface area contributed by atoms with E-state index >= 15 is 0 Å². The van der Waals surface area contributed by atoms with E-state index in [9.17, 15) is 13.6 Å². The zero-order chi connectivity index (χ0) is 13.8. The molecular weight excluding hydrogens is 248 g/mol. The van der Waals surface area contributed by atoms with Crippen molar-refractivity contribution in [2.45, 2.75) is 13.3 Å². The van der Waals surface area contributed by atoms with Crippen LogP contribution in [0.15, 0.2) is 42.5 Å². The van der Waals surface area contributed by atoms with E-state index in [1.807, 2.05) is 25.1 Å². The highest BCUT2D eigenvalue weighted by Gasteiger charge is 2.09. The highest BCUT2D eigenvalue weighted by atomic mass is 19.1. The molecule has 0 aliphatic carbocycles. The average Bonchev–Trinajstić information content (AvgIpc) is 2.33. The molecule has 2 rings (SSSR count). The van der Waals surface area contributed by atoms with Gasteiger partial charge in [-0.1, -0.05) is 18.2 Å². The van der Waals surface area contributed by atoms with Gasteiger partial charge in [-0.15, -0.1) is 0 Å². The SMILES string of the molecule is Cc1cccc(NC(=O)Cc2ccc(F)cc2F)c1. The van der Waals surface area contributed by atoms with Crippen molar-refractivity contribution in [3.05, 3.63) is 65.2 Å². The predicted molar refractivity (Wildman–Crippen MR) is 69.9 cm³/mol. The Morgan fingerprint density at radius 1 is 1.16 bits per heavy atom. The Balaban J connectivity index is 2.05. The Labute approximate surface area is 110 Å². The first-order valence-electron chi connectivity index (χ1n) is 5.85. The van der Waals surface area contributed by atoms with Crippen LogP contribution in [0.3, 0.4) is 0 Å². The van der Waals surface area contributed by atoms with E-state index < -0.39 is 11.6 Å². The number of amides is 1. The highest BCUT2D eigenvalue weighted by molar-refractivity contribution is 5.92. The number of aryl methyl sites for hydroxylation is 1. The summed E-state index contributed by atoms with van der Waals surface area (Å²) in [6, 6.07) is 10.5. The maximum Gasteiger partial charge on any atom is 0.228 e. The number of hydrogen-bond acceptors (Lipinski definition) is 1. The van der Waals surface area contributed by atoms with Gasteiger partial charge >= 0.3 is 0 Å². The molecule has 0 aliphatic heterocycles. The Morgan fingerprint density at radius 2 is 1.95 bits per heavy atom. The Morgan fingerprint density at radius 3 is 2.63 bits per heavy atom. The predicted octanol–water partition coefficient (Wildman–Crippen LogP) is 3.45. The molecule has 98 valence electrons. The van der Waals surface area contributed by atoms with Crippen molar-refractivity contribution >= 4 is 11.6 Å². The maximum absolute atomic E-state index is 13.4. The minimum atomic E-state index is -0.709. The fourth-order valence-corrected chi connectivity index (χ4v) is 1.77. The third kappa shape index (κ3) is 3.61. The van der Waals surface area contributed by atoms with Crippen LogP contribution < -0.4 is 5.32 Å². The van der Waals surface area contributed by atoms with Gasteiger partial charge in [0.2, 0.25) is 5.91 Å². The topological polar surface area (TPSA) is 29.1 Å². The monoisotopic (exact) mass is 261 g/mol. The Hall–Kier alpha value is -2.23. The van der Waals surface area contributed by atoms with Gasteiger partial charge in [0.05, 0.1) is 6.42 Å². The largest absolute Gasteiger partial charge is 0.326 e. The summed E-state index contributed by atoms with van der Waals surface area (Å²) >= 11 is 0. The van der Waals surface area contributed by atoms with Gasteiger partial charge < -0.3 is 5.32 Å². The zero-order valence-corrected chi connectivity index (χ0v) is 10.4. The fraction of sp³-hybridized carbons (Fsp3) is 0.133. The van der Waals surface area contributed by atoms with E-state index in [4.69, 9.17) is 0 Å². The van der Waals surface area contributed by atoms with Crippen LogP contribution in [0.25, 0.3) is 0 Å². The number of hydrogen-bond donors (Lipinski definition) is 1. The van der Waals surface area contributed by atoms with Crippen LogP contribution in [0.2, 0.25) is 0 Å². The van der Waals surface area contributed by atoms with Crippen molar-refractivity contribution in [3.8, 4) is 0 Å². The summed E-state index contributed by atoms with van der Waals surface area (Å²) in [6.07, 6.45) is -0.125. The molecule has 1 amide bonds. The van der Waals surface area contributed by atoms with Crippen molar-refractivity contribution in [2.24, 2.45) is 0 Å². The smallest absolute Gasteiger partial charge is 0.228 e. The van der Waals surface area contributed by atoms with Gasteiger partial charge in [-0.05, 0) is 36.2 Å². The number of benzene rings is 2. The first-order chi connectivity index (χ1) is 9.04. The Bertz CT molecular complexity index is 611. The molecule has 0 unspecified atom stereocenters. The van der Waals surface area contributed by atoms with Crippen LogP contribution in [-0.2, 0) is 11.2 Å². The lowest BCUT2D eigenvalue weighted by Gasteiger charge is -2.07. The van der Waals surface area contributed by atoms with Crippen LogP contribution >= 0.6 is 0 Å². The van der Waals surface area contributed by atoms with Crippen molar-refractivity contribution in [1.82, 2.24) is 0 Å². The third-order valence-electron chi connectivity index (χ3n) is 2.67. The summed E-state index contributed by atoms with van der Waals surface area (Å²) in [6.45, 7) is 1.91. The zero-order valence-electron chi connectivity index (χ0n) is 10.4. The first kappa shape index (κ1) is 13.2. The van der Waals surface area contributed by atoms with Crippen LogP contribution in [0, 0.1) is 18.6 Å². The second-order valence-corrected chi connectivity index (χ2v) is 4.33. The number of carbonyl (C=O) groups is 1. The molecule has 0 bridgehead atoms. The molecule has 0 heterocycles. The molecule has 0 fully saturated rings. The maximum atomic E-state index is 13.4. The average molecular weight is 261 g/mol. The molecule has 4 heteroatoms. The standard InChI is InChI=1S/C15H13F2NO/c1-10-3-2-4-13(7-10)18-15(19)8-11-5-6-12(16)9-14(11)17/h2-7,9H,8H2,1H3,(H,18,19). The summed E-state index contributed by atoms with van der Waals surface area (Å²) in [5, 5.41) is 2.67. The minimum absolute atomic E-state index is 0.125. The normalized spacial score (nSPS) is 10.3. The second kappa shape index (κ2) is 5.61. The highest BCUT2D eigenvalue weighted by Crippen LogP contribution is 2.13. The molecule has 19 heavy (non-hydrogen) atoms. The van der Waals surface area contributed by atoms with Gasteiger partial charge in [0, 0.05) is 11.8 Å². The summed E-state index contributed by atoms with van der Waals surface area (Å²) < 4.78 is 26.1. The minimum Gasteiger partial charge on any atom is -0.326 e. The van der Waals surface area contributed by atoms with E-state index in [0.717, 1.165) is 17.7 Å². The van der Waals surface area contributed by atoms with Gasteiger partial charge in [0.1, 0.15) is 11.6 Å². The van der Waals surface area contributed by atoms with Crippen molar-refractivity contribution in [2.75, 3.05) is 5.32 Å². The lowest BCUT2D eigenvalue weighted by molar-refractivity contribution is -0.115. The Kier molecular flexibility index (Phi) is 3.90. The summed E-state index contributed by atoms with van der Waals surface area (Å²) in [4.78, 5) is 11.8. The molecule has 2 nitrogen and oxygen atoms in total. The first-order valence-corrected chi connectivity index (χ1v) is 5.85. The fourth-order valence-electron chi connectivity index (χ4n) is 1.77. The van der Waals surface area contributed by atoms with Crippen molar-refractivity contribution < 1.29 is 13.6 Å². The van der Waals surface area contributed by atoms with E-state index in [1.165, 1.54) is 6.07 Å². The molecule has 2 aromatic carbocycles. The molecular formula is C15H13F2NO. The summed E-state index contributed by atoms with van der Waals surface area (Å²) in [7, 11) is 0. The quantitative estimate of drug-likeness (QED) is 0.900. The molecule has 0 saturated heterocycles. The molecule has 0 spiro atoms. The lowest BCUT2D eigenvalue weighted by atomic mass is 10.1. The third-order valence-corrected chi connectivity index (χ3v) is 2.67. The van der Waals surface area contributed by atoms with Gasteiger partial charge in [0.15, 0.2) is 0 Å². The molecule has 0 atom stereocenters. The summed E-state index contributed by atoms with van der Waals surface area (Å²) in [5.74, 6) is -1.70. The molecule has 0 aliphatic rings. The van der Waals surface area contributed by atoms with Crippen molar-refractivity contribution in [1.29, 1.82) is 0 Å². The number of anilines is 1. The van der Waals surface area contributed by atoms with Crippen LogP contribution in [-0.4, -0.2) is 5.91 Å². The van der Waals surface area contributed by atoms with Gasteiger partial charge in [0.25, 0.3) is 0 Å². The molecule has 1 N–H and O–H groups in total. The van der Waals surface area contributed by atoms with Crippen LogP contribution in [0.4, 0.5) is 14.5 Å². The van der Waals surface area contributed by atoms with E-state index in [1.54, 1.807) is 6.07 Å². The van der Waals surface area contributed by atoms with Gasteiger partial charge in [-0.2, -0.15) is 0 Å². The molecule has 0 saturated carbocycles. The van der Waals surface area contributed by atoms with Crippen LogP contribution in [0.1, 0.15) is 11.1 Å². The van der Waals surface area contributed by atoms with E-state index in [2.05, 4.69) is 5.32 Å². The number of halogens is 2. The van der Waals surface area contributed by atoms with Crippen molar-refractivity contribution in [3.63, 3.8) is 0 Å². The van der Waals surface area contributed by atoms with E-state index in [-0.39, 0.29) is 17.9 Å². The lowest BCUT2D eigenvalue weighted by Crippen LogP contribution is -2.15. The van der Waals surface area contributed by atoms with Gasteiger partial charge in [-0.3, -0.25) is 4.79 Å². The number of nitrogens with one attached hydrogen (secondary N) is 1. The summed E-state index contributed by atoms with van der Waals surface area (Å²) in [5.41, 5.74) is 1.85. The van der Waals surface area contributed by atoms with E-state index in [0.29, 0.717) is 5.69 Å². The van der Waals surface area contributed by atoms with Crippen LogP contribution in [0.5, 0.6) is 0 Å². The molecule has 2 aromatic rings. The second-order valence-electron chi connectivity index (χ2n) is 4.33. The number of rotatable bonds is 3. The van der Waals surface area contributed by atoms with Gasteiger partial charge in [-0.25, -0.2) is 8.78 Å². The number of carbonyl (C=O) groups excluding carboxylic acids is 1. The molecule has 0 radical (unpaired) electrons.